The number of rotatable bonds is 2. The van der Waals surface area contributed by atoms with E-state index < -0.39 is 11.7 Å². The number of ether oxygens (including phenoxy) is 1. The maximum absolute atomic E-state index is 12.3. The smallest absolute Gasteiger partial charge is 0.336 e. The average molecular weight is 516 g/mol. The molecule has 1 spiro atoms. The summed E-state index contributed by atoms with van der Waals surface area (Å²) in [6.07, 6.45) is 4.10. The lowest BCUT2D eigenvalue weighted by Gasteiger charge is -2.45. The lowest BCUT2D eigenvalue weighted by molar-refractivity contribution is 0.0582. The number of aromatic carboxylic acids is 1. The highest BCUT2D eigenvalue weighted by atomic mass is 16.5. The van der Waals surface area contributed by atoms with Gasteiger partial charge in [0.2, 0.25) is 5.72 Å². The van der Waals surface area contributed by atoms with Crippen LogP contribution in [0.15, 0.2) is 94.2 Å². The number of carboxylic acid groups (broad SMARTS) is 1. The molecule has 6 heteroatoms. The van der Waals surface area contributed by atoms with Gasteiger partial charge < -0.3 is 19.2 Å². The van der Waals surface area contributed by atoms with Crippen molar-refractivity contribution in [3.8, 4) is 28.2 Å². The highest BCUT2D eigenvalue weighted by molar-refractivity contribution is 6.09. The van der Waals surface area contributed by atoms with Crippen LogP contribution >= 0.6 is 0 Å². The molecule has 39 heavy (non-hydrogen) atoms. The maximum Gasteiger partial charge on any atom is 0.336 e. The number of hydrogen-bond acceptors (Lipinski definition) is 5. The lowest BCUT2D eigenvalue weighted by Crippen LogP contribution is -2.58. The summed E-state index contributed by atoms with van der Waals surface area (Å²) >= 11 is 0. The van der Waals surface area contributed by atoms with Crippen LogP contribution in [0.3, 0.4) is 0 Å². The summed E-state index contributed by atoms with van der Waals surface area (Å²) in [6.45, 7) is 4.36. The van der Waals surface area contributed by atoms with E-state index in [1.807, 2.05) is 43.5 Å². The third-order valence-electron chi connectivity index (χ3n) is 8.36. The van der Waals surface area contributed by atoms with Gasteiger partial charge in [-0.1, -0.05) is 36.4 Å². The number of carbonyl (C=O) groups is 1. The van der Waals surface area contributed by atoms with Crippen LogP contribution in [0.5, 0.6) is 5.75 Å². The minimum atomic E-state index is -1.03. The molecule has 0 saturated carbocycles. The minimum absolute atomic E-state index is 0.174. The predicted molar refractivity (Wildman–Crippen MR) is 152 cm³/mol. The fourth-order valence-electron chi connectivity index (χ4n) is 6.36. The van der Waals surface area contributed by atoms with E-state index in [-0.39, 0.29) is 16.4 Å². The van der Waals surface area contributed by atoms with E-state index in [0.717, 1.165) is 16.6 Å². The van der Waals surface area contributed by atoms with Gasteiger partial charge in [0.05, 0.1) is 16.5 Å². The van der Waals surface area contributed by atoms with Gasteiger partial charge in [0, 0.05) is 35.3 Å². The first kappa shape index (κ1) is 23.3. The van der Waals surface area contributed by atoms with Crippen LogP contribution < -0.4 is 15.1 Å². The maximum atomic E-state index is 12.3. The SMILES string of the molecule is CN1c2ccccc2C(C)(C)C12C=Cc1c(ccc3c(-c4ccccc4C(=O)O)c4ccc(=O)cc-4oc13)O2. The van der Waals surface area contributed by atoms with Gasteiger partial charge in [-0.3, -0.25) is 4.79 Å². The second-order valence-corrected chi connectivity index (χ2v) is 10.7. The van der Waals surface area contributed by atoms with Crippen molar-refractivity contribution < 1.29 is 19.1 Å². The molecule has 3 aromatic rings. The zero-order valence-corrected chi connectivity index (χ0v) is 21.7. The first-order valence-electron chi connectivity index (χ1n) is 12.8. The number of hydrogen-bond donors (Lipinski definition) is 1. The first-order valence-corrected chi connectivity index (χ1v) is 12.8. The molecule has 1 unspecified atom stereocenters. The highest BCUT2D eigenvalue weighted by Crippen LogP contribution is 2.55. The molecule has 0 amide bonds. The molecule has 0 fully saturated rings. The van der Waals surface area contributed by atoms with E-state index in [2.05, 4.69) is 37.0 Å². The topological polar surface area (TPSA) is 80.0 Å². The zero-order valence-electron chi connectivity index (χ0n) is 21.7. The Morgan fingerprint density at radius 3 is 2.49 bits per heavy atom. The van der Waals surface area contributed by atoms with E-state index in [0.29, 0.717) is 33.8 Å². The summed E-state index contributed by atoms with van der Waals surface area (Å²) in [6, 6.07) is 23.7. The number of carboxylic acids is 1. The Bertz CT molecular complexity index is 1900. The number of likely N-dealkylation sites (N-methyl/N-ethyl adjacent to an activating group) is 1. The zero-order chi connectivity index (χ0) is 27.1. The number of benzene rings is 4. The summed E-state index contributed by atoms with van der Waals surface area (Å²) in [7, 11) is 2.04. The summed E-state index contributed by atoms with van der Waals surface area (Å²) in [5, 5.41) is 10.7. The first-order chi connectivity index (χ1) is 18.7. The van der Waals surface area contributed by atoms with Crippen LogP contribution in [0.2, 0.25) is 0 Å². The van der Waals surface area contributed by atoms with Crippen LogP contribution in [0, 0.1) is 0 Å². The standard InChI is InChI=1S/C33H25NO5/c1-32(2)25-10-6-7-11-26(25)34(3)33(32)17-16-23-27(39-33)15-14-24-29(20-8-4-5-9-21(20)31(36)37)22-13-12-19(35)18-28(22)38-30(23)24/h4-18H,1-3H3,(H,36,37). The Hall–Kier alpha value is -4.84. The Morgan fingerprint density at radius 2 is 1.69 bits per heavy atom. The van der Waals surface area contributed by atoms with Crippen molar-refractivity contribution in [1.29, 1.82) is 0 Å². The Morgan fingerprint density at radius 1 is 0.923 bits per heavy atom. The summed E-state index contributed by atoms with van der Waals surface area (Å²) in [5.41, 5.74) is 4.38. The van der Waals surface area contributed by atoms with Gasteiger partial charge in [0.1, 0.15) is 17.1 Å². The van der Waals surface area contributed by atoms with Crippen molar-refractivity contribution >= 4 is 28.7 Å². The molecule has 3 aromatic carbocycles. The van der Waals surface area contributed by atoms with E-state index >= 15 is 0 Å². The molecular weight excluding hydrogens is 490 g/mol. The molecule has 6 nitrogen and oxygen atoms in total. The van der Waals surface area contributed by atoms with Gasteiger partial charge in [-0.05, 0) is 73.5 Å². The van der Waals surface area contributed by atoms with Crippen molar-refractivity contribution in [2.45, 2.75) is 25.0 Å². The second kappa shape index (κ2) is 7.84. The third kappa shape index (κ3) is 3.03. The molecule has 0 saturated heterocycles. The molecule has 1 atom stereocenters. The van der Waals surface area contributed by atoms with Crippen LogP contribution in [-0.2, 0) is 5.41 Å². The van der Waals surface area contributed by atoms with Gasteiger partial charge in [0.25, 0.3) is 0 Å². The van der Waals surface area contributed by atoms with Gasteiger partial charge in [-0.25, -0.2) is 4.79 Å². The van der Waals surface area contributed by atoms with Gasteiger partial charge in [-0.2, -0.15) is 0 Å². The van der Waals surface area contributed by atoms with Crippen molar-refractivity contribution in [3.63, 3.8) is 0 Å². The fourth-order valence-corrected chi connectivity index (χ4v) is 6.36. The van der Waals surface area contributed by atoms with Crippen molar-refractivity contribution in [1.82, 2.24) is 0 Å². The Kier molecular flexibility index (Phi) is 4.68. The Balaban J connectivity index is 1.50. The van der Waals surface area contributed by atoms with Gasteiger partial charge in [-0.15, -0.1) is 0 Å². The molecule has 3 heterocycles. The van der Waals surface area contributed by atoms with E-state index in [1.165, 1.54) is 17.7 Å². The van der Waals surface area contributed by atoms with E-state index in [9.17, 15) is 14.7 Å². The molecule has 4 aliphatic rings. The number of fused-ring (bicyclic) bond motifs is 5. The molecule has 3 aliphatic heterocycles. The van der Waals surface area contributed by atoms with E-state index in [4.69, 9.17) is 9.15 Å². The number of para-hydroxylation sites is 1. The quantitative estimate of drug-likeness (QED) is 0.261. The molecule has 1 N–H and O–H groups in total. The van der Waals surface area contributed by atoms with Crippen molar-refractivity contribution in [2.24, 2.45) is 0 Å². The molecule has 7 rings (SSSR count). The highest BCUT2D eigenvalue weighted by Gasteiger charge is 2.57. The monoisotopic (exact) mass is 515 g/mol. The van der Waals surface area contributed by atoms with Crippen LogP contribution in [0.25, 0.3) is 39.5 Å². The summed E-state index contributed by atoms with van der Waals surface area (Å²) < 4.78 is 13.3. The molecule has 192 valence electrons. The fraction of sp³-hybridized carbons (Fsp3) is 0.152. The van der Waals surface area contributed by atoms with Crippen LogP contribution in [-0.4, -0.2) is 23.8 Å². The van der Waals surface area contributed by atoms with Crippen LogP contribution in [0.1, 0.15) is 35.3 Å². The number of anilines is 1. The van der Waals surface area contributed by atoms with Crippen molar-refractivity contribution in [3.05, 3.63) is 112 Å². The molecule has 1 aliphatic carbocycles. The molecule has 0 aromatic heterocycles. The minimum Gasteiger partial charge on any atom is -0.478 e. The van der Waals surface area contributed by atoms with Gasteiger partial charge >= 0.3 is 5.97 Å². The van der Waals surface area contributed by atoms with Gasteiger partial charge in [0.15, 0.2) is 5.43 Å². The van der Waals surface area contributed by atoms with E-state index in [1.54, 1.807) is 24.3 Å². The second-order valence-electron chi connectivity index (χ2n) is 10.7. The largest absolute Gasteiger partial charge is 0.478 e. The number of nitrogens with zero attached hydrogens (tertiary/aromatic N) is 1. The predicted octanol–water partition coefficient (Wildman–Crippen LogP) is 6.79. The molecular formula is C33H25NO5. The Labute approximate surface area is 224 Å². The van der Waals surface area contributed by atoms with Crippen LogP contribution in [0.4, 0.5) is 5.69 Å². The molecule has 0 radical (unpaired) electrons. The normalized spacial score (nSPS) is 18.8. The molecule has 0 bridgehead atoms. The van der Waals surface area contributed by atoms with Crippen molar-refractivity contribution in [2.75, 3.05) is 11.9 Å². The summed E-state index contributed by atoms with van der Waals surface area (Å²) in [4.78, 5) is 26.7. The average Bonchev–Trinajstić information content (AvgIpc) is 3.09. The summed E-state index contributed by atoms with van der Waals surface area (Å²) in [5.74, 6) is 0.0110. The third-order valence-corrected chi connectivity index (χ3v) is 8.36. The lowest BCUT2D eigenvalue weighted by atomic mass is 9.76.